The molecule has 0 radical (unpaired) electrons. The van der Waals surface area contributed by atoms with E-state index in [9.17, 15) is 4.79 Å². The van der Waals surface area contributed by atoms with Crippen molar-refractivity contribution < 1.29 is 9.53 Å². The number of nitrogens with zero attached hydrogens (tertiary/aromatic N) is 1. The number of ether oxygens (including phenoxy) is 1. The van der Waals surface area contributed by atoms with E-state index in [0.717, 1.165) is 32.0 Å². The molecule has 0 bridgehead atoms. The molecule has 7 heteroatoms. The molecule has 4 N–H and O–H groups in total. The van der Waals surface area contributed by atoms with Gasteiger partial charge in [0.2, 0.25) is 0 Å². The van der Waals surface area contributed by atoms with Crippen molar-refractivity contribution in [2.24, 2.45) is 16.1 Å². The van der Waals surface area contributed by atoms with Gasteiger partial charge in [0.15, 0.2) is 12.6 Å². The maximum absolute atomic E-state index is 10.7. The maximum atomic E-state index is 10.7. The Balaban J connectivity index is 0.00000392. The van der Waals surface area contributed by atoms with Crippen LogP contribution in [0.15, 0.2) is 29.3 Å². The number of guanidine groups is 1. The summed E-state index contributed by atoms with van der Waals surface area (Å²) in [5.41, 5.74) is 6.69. The Morgan fingerprint density at radius 1 is 1.18 bits per heavy atom. The Morgan fingerprint density at radius 2 is 1.86 bits per heavy atom. The normalized spacial score (nSPS) is 15.6. The number of benzene rings is 1. The molecular weight excluding hydrogens is 467 g/mol. The molecule has 0 spiro atoms. The van der Waals surface area contributed by atoms with E-state index < -0.39 is 5.91 Å². The summed E-state index contributed by atoms with van der Waals surface area (Å²) in [7, 11) is 0. The van der Waals surface area contributed by atoms with Crippen LogP contribution >= 0.6 is 24.0 Å². The number of nitrogens with two attached hydrogens (primary N) is 1. The fourth-order valence-electron chi connectivity index (χ4n) is 3.57. The molecule has 0 aromatic heterocycles. The van der Waals surface area contributed by atoms with E-state index in [0.29, 0.717) is 11.2 Å². The molecule has 1 saturated carbocycles. The van der Waals surface area contributed by atoms with Crippen LogP contribution in [-0.2, 0) is 11.2 Å². The lowest BCUT2D eigenvalue weighted by Crippen LogP contribution is -2.39. The number of hydrogen-bond acceptors (Lipinski definition) is 3. The van der Waals surface area contributed by atoms with Gasteiger partial charge < -0.3 is 21.1 Å². The van der Waals surface area contributed by atoms with Crippen LogP contribution < -0.4 is 21.1 Å². The molecule has 0 heterocycles. The number of carbonyl (C=O) groups is 1. The number of primary amides is 1. The average molecular weight is 502 g/mol. The second-order valence-corrected chi connectivity index (χ2v) is 7.33. The van der Waals surface area contributed by atoms with E-state index >= 15 is 0 Å². The van der Waals surface area contributed by atoms with Gasteiger partial charge in [0.25, 0.3) is 5.91 Å². The third-order valence-corrected chi connectivity index (χ3v) is 5.34. The first kappa shape index (κ1) is 24.5. The third-order valence-electron chi connectivity index (χ3n) is 5.34. The van der Waals surface area contributed by atoms with E-state index in [-0.39, 0.29) is 30.6 Å². The predicted octanol–water partition coefficient (Wildman–Crippen LogP) is 3.24. The molecule has 0 saturated heterocycles. The summed E-state index contributed by atoms with van der Waals surface area (Å²) in [6, 6.07) is 7.74. The molecule has 0 atom stereocenters. The van der Waals surface area contributed by atoms with Crippen molar-refractivity contribution in [2.45, 2.75) is 52.4 Å². The lowest BCUT2D eigenvalue weighted by atomic mass is 9.84. The van der Waals surface area contributed by atoms with Crippen LogP contribution in [0, 0.1) is 5.41 Å². The molecule has 0 unspecified atom stereocenters. The van der Waals surface area contributed by atoms with Crippen LogP contribution in [0.1, 0.15) is 51.5 Å². The minimum atomic E-state index is -0.471. The fourth-order valence-corrected chi connectivity index (χ4v) is 3.57. The highest BCUT2D eigenvalue weighted by molar-refractivity contribution is 14.0. The van der Waals surface area contributed by atoms with E-state index in [1.165, 1.54) is 37.7 Å². The second-order valence-electron chi connectivity index (χ2n) is 7.33. The zero-order valence-corrected chi connectivity index (χ0v) is 19.5. The molecule has 6 nitrogen and oxygen atoms in total. The lowest BCUT2D eigenvalue weighted by Gasteiger charge is -2.25. The van der Waals surface area contributed by atoms with Gasteiger partial charge in [-0.25, -0.2) is 0 Å². The summed E-state index contributed by atoms with van der Waals surface area (Å²) < 4.78 is 5.28. The number of halogens is 1. The van der Waals surface area contributed by atoms with Gasteiger partial charge in [0.05, 0.1) is 0 Å². The molecular formula is C21H35IN4O2. The quantitative estimate of drug-likeness (QED) is 0.261. The summed E-state index contributed by atoms with van der Waals surface area (Å²) in [6.07, 6.45) is 7.38. The van der Waals surface area contributed by atoms with Crippen LogP contribution in [0.2, 0.25) is 0 Å². The van der Waals surface area contributed by atoms with E-state index in [2.05, 4.69) is 24.5 Å². The summed E-state index contributed by atoms with van der Waals surface area (Å²) in [4.78, 5) is 15.6. The van der Waals surface area contributed by atoms with Gasteiger partial charge >= 0.3 is 0 Å². The zero-order chi connectivity index (χ0) is 19.5. The first-order valence-electron chi connectivity index (χ1n) is 10.1. The van der Waals surface area contributed by atoms with Gasteiger partial charge in [0.1, 0.15) is 5.75 Å². The predicted molar refractivity (Wildman–Crippen MR) is 125 cm³/mol. The van der Waals surface area contributed by atoms with Gasteiger partial charge in [-0.3, -0.25) is 9.79 Å². The highest BCUT2D eigenvalue weighted by Crippen LogP contribution is 2.41. The molecule has 1 aromatic rings. The van der Waals surface area contributed by atoms with Crippen molar-refractivity contribution >= 4 is 35.8 Å². The van der Waals surface area contributed by atoms with Gasteiger partial charge in [-0.2, -0.15) is 0 Å². The number of rotatable bonds is 10. The zero-order valence-electron chi connectivity index (χ0n) is 17.1. The molecule has 0 aliphatic heterocycles. The second kappa shape index (κ2) is 12.9. The van der Waals surface area contributed by atoms with Gasteiger partial charge in [-0.15, -0.1) is 24.0 Å². The van der Waals surface area contributed by atoms with Crippen molar-refractivity contribution in [2.75, 3.05) is 26.2 Å². The fraction of sp³-hybridized carbons (Fsp3) is 0.619. The number of aliphatic imine (C=N–C) groups is 1. The Bertz CT molecular complexity index is 613. The third kappa shape index (κ3) is 8.24. The summed E-state index contributed by atoms with van der Waals surface area (Å²) >= 11 is 0. The monoisotopic (exact) mass is 502 g/mol. The Kier molecular flexibility index (Phi) is 11.3. The van der Waals surface area contributed by atoms with E-state index in [4.69, 9.17) is 15.5 Å². The summed E-state index contributed by atoms with van der Waals surface area (Å²) in [5.74, 6) is 1.08. The molecule has 1 fully saturated rings. The van der Waals surface area contributed by atoms with Gasteiger partial charge in [0, 0.05) is 19.6 Å². The first-order valence-corrected chi connectivity index (χ1v) is 10.1. The Morgan fingerprint density at radius 3 is 2.43 bits per heavy atom. The minimum Gasteiger partial charge on any atom is -0.484 e. The average Bonchev–Trinajstić information content (AvgIpc) is 3.15. The molecule has 1 aliphatic rings. The molecule has 1 amide bonds. The largest absolute Gasteiger partial charge is 0.484 e. The van der Waals surface area contributed by atoms with Crippen molar-refractivity contribution in [3.05, 3.63) is 29.8 Å². The molecule has 1 aromatic carbocycles. The minimum absolute atomic E-state index is 0. The molecule has 28 heavy (non-hydrogen) atoms. The van der Waals surface area contributed by atoms with Crippen molar-refractivity contribution in [1.82, 2.24) is 10.6 Å². The Hall–Kier alpha value is -1.51. The number of hydrogen-bond donors (Lipinski definition) is 3. The van der Waals surface area contributed by atoms with E-state index in [1.54, 1.807) is 0 Å². The van der Waals surface area contributed by atoms with E-state index in [1.807, 2.05) is 24.3 Å². The van der Waals surface area contributed by atoms with Crippen LogP contribution in [-0.4, -0.2) is 38.1 Å². The molecule has 2 rings (SSSR count). The van der Waals surface area contributed by atoms with Crippen LogP contribution in [0.4, 0.5) is 0 Å². The van der Waals surface area contributed by atoms with Crippen LogP contribution in [0.5, 0.6) is 5.75 Å². The highest BCUT2D eigenvalue weighted by Gasteiger charge is 2.31. The highest BCUT2D eigenvalue weighted by atomic mass is 127. The number of amides is 1. The molecule has 1 aliphatic carbocycles. The number of carbonyl (C=O) groups excluding carboxylic acids is 1. The van der Waals surface area contributed by atoms with Crippen LogP contribution in [0.25, 0.3) is 0 Å². The lowest BCUT2D eigenvalue weighted by molar-refractivity contribution is -0.119. The van der Waals surface area contributed by atoms with Gasteiger partial charge in [-0.05, 0) is 55.7 Å². The van der Waals surface area contributed by atoms with Crippen LogP contribution in [0.3, 0.4) is 0 Å². The smallest absolute Gasteiger partial charge is 0.255 e. The standard InChI is InChI=1S/C21H34N4O2.HI/c1-3-21(12-5-6-13-21)16-25-20(23-4-2)24-14-11-17-7-9-18(10-8-17)27-15-19(22)26;/h7-10H,3-6,11-16H2,1-2H3,(H2,22,26)(H2,23,24,25);1H. The maximum Gasteiger partial charge on any atom is 0.255 e. The van der Waals surface area contributed by atoms with Gasteiger partial charge in [-0.1, -0.05) is 31.9 Å². The Labute approximate surface area is 186 Å². The van der Waals surface area contributed by atoms with Crippen molar-refractivity contribution in [1.29, 1.82) is 0 Å². The molecule has 158 valence electrons. The van der Waals surface area contributed by atoms with Crippen molar-refractivity contribution in [3.63, 3.8) is 0 Å². The topological polar surface area (TPSA) is 88.7 Å². The van der Waals surface area contributed by atoms with Crippen molar-refractivity contribution in [3.8, 4) is 5.75 Å². The number of nitrogens with one attached hydrogen (secondary N) is 2. The SMILES string of the molecule is CCNC(=NCC1(CC)CCCC1)NCCc1ccc(OCC(N)=O)cc1.I. The summed E-state index contributed by atoms with van der Waals surface area (Å²) in [6.45, 7) is 6.86. The first-order chi connectivity index (χ1) is 13.1. The summed E-state index contributed by atoms with van der Waals surface area (Å²) in [5, 5.41) is 6.78.